The van der Waals surface area contributed by atoms with E-state index in [4.69, 9.17) is 0 Å². The zero-order valence-corrected chi connectivity index (χ0v) is 9.27. The molecular weight excluding hydrogens is 214 g/mol. The Bertz CT molecular complexity index is 414. The molecule has 0 bridgehead atoms. The van der Waals surface area contributed by atoms with E-state index in [1.54, 1.807) is 6.33 Å². The average molecular weight is 228 g/mol. The van der Waals surface area contributed by atoms with Crippen molar-refractivity contribution in [3.63, 3.8) is 0 Å². The second-order valence-corrected chi connectivity index (χ2v) is 2.99. The summed E-state index contributed by atoms with van der Waals surface area (Å²) >= 11 is 0. The quantitative estimate of drug-likeness (QED) is 0.683. The summed E-state index contributed by atoms with van der Waals surface area (Å²) in [5.41, 5.74) is 0.868. The maximum absolute atomic E-state index is 4.18. The molecule has 0 amide bonds. The molecule has 2 aromatic rings. The highest BCUT2D eigenvalue weighted by Gasteiger charge is 2.02. The van der Waals surface area contributed by atoms with Crippen molar-refractivity contribution < 1.29 is 0 Å². The summed E-state index contributed by atoms with van der Waals surface area (Å²) in [4.78, 5) is 11.3. The van der Waals surface area contributed by atoms with Crippen LogP contribution in [0.5, 0.6) is 0 Å². The van der Waals surface area contributed by atoms with Crippen molar-refractivity contribution in [2.45, 2.75) is 0 Å². The number of anilines is 1. The van der Waals surface area contributed by atoms with Gasteiger partial charge in [0.1, 0.15) is 17.8 Å². The number of hydrogen-bond acceptors (Lipinski definition) is 4. The fourth-order valence-corrected chi connectivity index (χ4v) is 1.32. The molecule has 5 nitrogen and oxygen atoms in total. The van der Waals surface area contributed by atoms with E-state index in [2.05, 4.69) is 25.6 Å². The fraction of sp³-hybridized carbons (Fsp3) is 0.333. The molecule has 0 aliphatic carbocycles. The molecule has 2 aromatic heterocycles. The van der Waals surface area contributed by atoms with Gasteiger partial charge in [-0.25, -0.2) is 9.97 Å². The number of nitrogens with zero attached hydrogens (tertiary/aromatic N) is 2. The summed E-state index contributed by atoms with van der Waals surface area (Å²) in [6, 6.07) is 1.97. The first kappa shape index (κ1) is 11.7. The molecule has 0 aliphatic rings. The molecule has 0 aromatic carbocycles. The average Bonchev–Trinajstić information content (AvgIpc) is 2.67. The molecule has 0 radical (unpaired) electrons. The molecule has 0 fully saturated rings. The zero-order valence-electron chi connectivity index (χ0n) is 8.45. The topological polar surface area (TPSA) is 65.6 Å². The molecule has 6 heteroatoms. The summed E-state index contributed by atoms with van der Waals surface area (Å²) in [5, 5.41) is 7.34. The highest BCUT2D eigenvalue weighted by molar-refractivity contribution is 5.86. The van der Waals surface area contributed by atoms with E-state index in [0.29, 0.717) is 0 Å². The molecule has 2 heterocycles. The molecule has 0 spiro atoms. The highest BCUT2D eigenvalue weighted by atomic mass is 35.5. The van der Waals surface area contributed by atoms with Gasteiger partial charge in [-0.3, -0.25) is 0 Å². The molecular formula is C9H14ClN5. The first-order valence-electron chi connectivity index (χ1n) is 4.58. The zero-order chi connectivity index (χ0) is 9.80. The predicted molar refractivity (Wildman–Crippen MR) is 63.6 cm³/mol. The molecule has 0 saturated heterocycles. The van der Waals surface area contributed by atoms with E-state index in [1.807, 2.05) is 19.3 Å². The number of rotatable bonds is 4. The van der Waals surface area contributed by atoms with E-state index < -0.39 is 0 Å². The third-order valence-corrected chi connectivity index (χ3v) is 2.02. The van der Waals surface area contributed by atoms with E-state index in [1.165, 1.54) is 0 Å². The molecule has 15 heavy (non-hydrogen) atoms. The lowest BCUT2D eigenvalue weighted by molar-refractivity contribution is 0.822. The van der Waals surface area contributed by atoms with E-state index in [9.17, 15) is 0 Å². The maximum atomic E-state index is 4.18. The third-order valence-electron chi connectivity index (χ3n) is 2.02. The van der Waals surface area contributed by atoms with Crippen LogP contribution in [0.2, 0.25) is 0 Å². The van der Waals surface area contributed by atoms with E-state index in [0.717, 1.165) is 29.9 Å². The van der Waals surface area contributed by atoms with Crippen LogP contribution in [0.4, 0.5) is 5.82 Å². The number of halogens is 1. The molecule has 0 atom stereocenters. The van der Waals surface area contributed by atoms with Crippen LogP contribution in [-0.2, 0) is 0 Å². The van der Waals surface area contributed by atoms with Crippen LogP contribution < -0.4 is 10.6 Å². The Hall–Kier alpha value is -1.33. The lowest BCUT2D eigenvalue weighted by Gasteiger charge is -2.04. The molecule has 3 N–H and O–H groups in total. The number of hydrogen-bond donors (Lipinski definition) is 3. The van der Waals surface area contributed by atoms with Crippen LogP contribution in [-0.4, -0.2) is 35.1 Å². The summed E-state index contributed by atoms with van der Waals surface area (Å²) < 4.78 is 0. The molecule has 0 aliphatic heterocycles. The van der Waals surface area contributed by atoms with Gasteiger partial charge in [-0.05, 0) is 13.1 Å². The van der Waals surface area contributed by atoms with Gasteiger partial charge >= 0.3 is 0 Å². The Kier molecular flexibility index (Phi) is 4.33. The van der Waals surface area contributed by atoms with Gasteiger partial charge in [0.25, 0.3) is 0 Å². The van der Waals surface area contributed by atoms with Gasteiger partial charge in [0.2, 0.25) is 0 Å². The minimum absolute atomic E-state index is 0. The largest absolute Gasteiger partial charge is 0.368 e. The Morgan fingerprint density at radius 1 is 1.33 bits per heavy atom. The van der Waals surface area contributed by atoms with Gasteiger partial charge < -0.3 is 15.6 Å². The smallest absolute Gasteiger partial charge is 0.142 e. The molecule has 0 saturated carbocycles. The van der Waals surface area contributed by atoms with Crippen molar-refractivity contribution in [3.8, 4) is 0 Å². The summed E-state index contributed by atoms with van der Waals surface area (Å²) in [5.74, 6) is 0.881. The van der Waals surface area contributed by atoms with Gasteiger partial charge in [-0.15, -0.1) is 12.4 Å². The van der Waals surface area contributed by atoms with Crippen molar-refractivity contribution in [2.75, 3.05) is 25.5 Å². The second-order valence-electron chi connectivity index (χ2n) is 2.99. The van der Waals surface area contributed by atoms with Crippen LogP contribution in [0.25, 0.3) is 11.0 Å². The minimum Gasteiger partial charge on any atom is -0.368 e. The number of likely N-dealkylation sites (N-methyl/N-ethyl adjacent to an activating group) is 1. The fourth-order valence-electron chi connectivity index (χ4n) is 1.32. The van der Waals surface area contributed by atoms with Crippen molar-refractivity contribution >= 4 is 29.3 Å². The number of nitrogens with one attached hydrogen (secondary N) is 3. The van der Waals surface area contributed by atoms with Crippen molar-refractivity contribution in [3.05, 3.63) is 18.6 Å². The third kappa shape index (κ3) is 2.57. The van der Waals surface area contributed by atoms with Crippen LogP contribution in [0, 0.1) is 0 Å². The monoisotopic (exact) mass is 227 g/mol. The first-order chi connectivity index (χ1) is 6.92. The summed E-state index contributed by atoms with van der Waals surface area (Å²) in [6.45, 7) is 1.77. The second kappa shape index (κ2) is 5.53. The molecule has 2 rings (SSSR count). The van der Waals surface area contributed by atoms with Gasteiger partial charge in [-0.1, -0.05) is 0 Å². The Balaban J connectivity index is 0.00000112. The Morgan fingerprint density at radius 2 is 2.20 bits per heavy atom. The van der Waals surface area contributed by atoms with Gasteiger partial charge in [-0.2, -0.15) is 0 Å². The lowest BCUT2D eigenvalue weighted by atomic mass is 10.4. The number of H-pyrrole nitrogens is 1. The van der Waals surface area contributed by atoms with Gasteiger partial charge in [0.15, 0.2) is 0 Å². The maximum Gasteiger partial charge on any atom is 0.142 e. The predicted octanol–water partition coefficient (Wildman–Crippen LogP) is 1.01. The first-order valence-corrected chi connectivity index (χ1v) is 4.58. The SMILES string of the molecule is CNCCNc1ncnc2[nH]ccc12.Cl. The molecule has 82 valence electrons. The van der Waals surface area contributed by atoms with Crippen molar-refractivity contribution in [2.24, 2.45) is 0 Å². The standard InChI is InChI=1S/C9H13N5.ClH/c1-10-4-5-12-9-7-2-3-11-8(7)13-6-14-9;/h2-3,6,10H,4-5H2,1H3,(H2,11,12,13,14);1H. The minimum atomic E-state index is 0. The number of aromatic nitrogens is 3. The van der Waals surface area contributed by atoms with Gasteiger partial charge in [0.05, 0.1) is 5.39 Å². The molecule has 0 unspecified atom stereocenters. The van der Waals surface area contributed by atoms with Crippen LogP contribution in [0.15, 0.2) is 18.6 Å². The number of fused-ring (bicyclic) bond motifs is 1. The Labute approximate surface area is 94.1 Å². The summed E-state index contributed by atoms with van der Waals surface area (Å²) in [7, 11) is 1.92. The van der Waals surface area contributed by atoms with Gasteiger partial charge in [0, 0.05) is 19.3 Å². The normalized spacial score (nSPS) is 9.93. The highest BCUT2D eigenvalue weighted by Crippen LogP contribution is 2.16. The Morgan fingerprint density at radius 3 is 3.00 bits per heavy atom. The number of aromatic amines is 1. The lowest BCUT2D eigenvalue weighted by Crippen LogP contribution is -2.18. The van der Waals surface area contributed by atoms with Crippen LogP contribution >= 0.6 is 12.4 Å². The van der Waals surface area contributed by atoms with Crippen LogP contribution in [0.3, 0.4) is 0 Å². The van der Waals surface area contributed by atoms with E-state index in [-0.39, 0.29) is 12.4 Å². The van der Waals surface area contributed by atoms with Crippen molar-refractivity contribution in [1.29, 1.82) is 0 Å². The van der Waals surface area contributed by atoms with Crippen LogP contribution in [0.1, 0.15) is 0 Å². The van der Waals surface area contributed by atoms with E-state index >= 15 is 0 Å². The summed E-state index contributed by atoms with van der Waals surface area (Å²) in [6.07, 6.45) is 3.42. The van der Waals surface area contributed by atoms with Crippen molar-refractivity contribution in [1.82, 2.24) is 20.3 Å².